The van der Waals surface area contributed by atoms with Gasteiger partial charge in [-0.15, -0.1) is 0 Å². The first kappa shape index (κ1) is 28.6. The summed E-state index contributed by atoms with van der Waals surface area (Å²) in [6, 6.07) is 43.8. The average molecular weight is 543 g/mol. The first-order valence-electron chi connectivity index (χ1n) is 14.8. The van der Waals surface area contributed by atoms with Gasteiger partial charge in [-0.25, -0.2) is 0 Å². The van der Waals surface area contributed by atoms with Crippen LogP contribution in [0.25, 0.3) is 55.7 Å². The van der Waals surface area contributed by atoms with Crippen LogP contribution in [0.1, 0.15) is 38.3 Å². The highest BCUT2D eigenvalue weighted by molar-refractivity contribution is 5.97. The van der Waals surface area contributed by atoms with Crippen molar-refractivity contribution in [1.29, 1.82) is 0 Å². The van der Waals surface area contributed by atoms with Crippen molar-refractivity contribution in [3.63, 3.8) is 0 Å². The van der Waals surface area contributed by atoms with E-state index in [4.69, 9.17) is 0 Å². The number of rotatable bonds is 9. The minimum absolute atomic E-state index is 0.950. The Morgan fingerprint density at radius 1 is 0.548 bits per heavy atom. The minimum atomic E-state index is 0.950. The van der Waals surface area contributed by atoms with Crippen LogP contribution in [-0.4, -0.2) is 0 Å². The lowest BCUT2D eigenvalue weighted by Gasteiger charge is -2.20. The molecule has 0 heterocycles. The zero-order chi connectivity index (χ0) is 29.3. The molecule has 0 heteroatoms. The first-order chi connectivity index (χ1) is 20.6. The van der Waals surface area contributed by atoms with Crippen LogP contribution in [-0.2, 0) is 0 Å². The monoisotopic (exact) mass is 542 g/mol. The second-order valence-corrected chi connectivity index (χ2v) is 10.4. The van der Waals surface area contributed by atoms with Gasteiger partial charge in [-0.2, -0.15) is 0 Å². The topological polar surface area (TPSA) is 0 Å². The van der Waals surface area contributed by atoms with Gasteiger partial charge in [-0.05, 0) is 105 Å². The van der Waals surface area contributed by atoms with Crippen molar-refractivity contribution < 1.29 is 0 Å². The van der Waals surface area contributed by atoms with Crippen molar-refractivity contribution in [2.75, 3.05) is 0 Å². The predicted octanol–water partition coefficient (Wildman–Crippen LogP) is 12.3. The molecule has 0 aromatic heterocycles. The fraction of sp³-hybridized carbons (Fsp3) is 0.0952. The average Bonchev–Trinajstić information content (AvgIpc) is 3.05. The van der Waals surface area contributed by atoms with E-state index in [0.717, 1.165) is 17.6 Å². The Kier molecular flexibility index (Phi) is 9.27. The normalized spacial score (nSPS) is 11.8. The molecule has 0 radical (unpaired) electrons. The van der Waals surface area contributed by atoms with E-state index in [1.165, 1.54) is 55.6 Å². The fourth-order valence-electron chi connectivity index (χ4n) is 5.52. The summed E-state index contributed by atoms with van der Waals surface area (Å²) in [5.41, 5.74) is 14.3. The van der Waals surface area contributed by atoms with Gasteiger partial charge < -0.3 is 0 Å². The molecular weight excluding hydrogens is 504 g/mol. The largest absolute Gasteiger partial charge is 0.0912 e. The first-order valence-corrected chi connectivity index (χ1v) is 14.8. The zero-order valence-corrected chi connectivity index (χ0v) is 24.8. The van der Waals surface area contributed by atoms with E-state index in [1.807, 2.05) is 13.0 Å². The third-order valence-corrected chi connectivity index (χ3v) is 7.52. The Bertz CT molecular complexity index is 1750. The Morgan fingerprint density at radius 2 is 1.10 bits per heavy atom. The van der Waals surface area contributed by atoms with Crippen LogP contribution in [0, 0.1) is 0 Å². The van der Waals surface area contributed by atoms with E-state index < -0.39 is 0 Å². The molecule has 0 aliphatic heterocycles. The fourth-order valence-corrected chi connectivity index (χ4v) is 5.52. The van der Waals surface area contributed by atoms with E-state index in [1.54, 1.807) is 0 Å². The van der Waals surface area contributed by atoms with E-state index in [-0.39, 0.29) is 0 Å². The summed E-state index contributed by atoms with van der Waals surface area (Å²) >= 11 is 0. The summed E-state index contributed by atoms with van der Waals surface area (Å²) in [6.07, 6.45) is 11.8. The maximum Gasteiger partial charge on any atom is -0.00297 e. The molecule has 0 spiro atoms. The third kappa shape index (κ3) is 6.35. The molecule has 42 heavy (non-hydrogen) atoms. The molecule has 0 nitrogen and oxygen atoms in total. The summed E-state index contributed by atoms with van der Waals surface area (Å²) in [5.74, 6) is 0. The van der Waals surface area contributed by atoms with Crippen LogP contribution >= 0.6 is 0 Å². The molecule has 0 aliphatic carbocycles. The minimum Gasteiger partial charge on any atom is -0.0912 e. The highest BCUT2D eigenvalue weighted by Crippen LogP contribution is 2.42. The second kappa shape index (κ2) is 13.6. The van der Waals surface area contributed by atoms with Crippen LogP contribution in [0.2, 0.25) is 0 Å². The highest BCUT2D eigenvalue weighted by Gasteiger charge is 2.18. The Labute approximate surface area is 251 Å². The van der Waals surface area contributed by atoms with Crippen molar-refractivity contribution in [3.05, 3.63) is 169 Å². The van der Waals surface area contributed by atoms with Crippen LogP contribution in [0.4, 0.5) is 0 Å². The molecule has 5 rings (SSSR count). The molecule has 0 unspecified atom stereocenters. The number of allylic oxidation sites excluding steroid dienone is 7. The molecule has 5 aromatic carbocycles. The van der Waals surface area contributed by atoms with Gasteiger partial charge in [0.2, 0.25) is 0 Å². The van der Waals surface area contributed by atoms with Crippen molar-refractivity contribution in [2.24, 2.45) is 0 Å². The summed E-state index contributed by atoms with van der Waals surface area (Å²) in [5, 5.41) is 0. The number of hydrogen-bond acceptors (Lipinski definition) is 0. The van der Waals surface area contributed by atoms with Crippen molar-refractivity contribution >= 4 is 11.1 Å². The lowest BCUT2D eigenvalue weighted by atomic mass is 9.83. The zero-order valence-electron chi connectivity index (χ0n) is 24.8. The summed E-state index contributed by atoms with van der Waals surface area (Å²) in [6.45, 7) is 10.6. The van der Waals surface area contributed by atoms with E-state index in [9.17, 15) is 0 Å². The standard InChI is InChI=1S/C42H38/c1-5-15-31(4)32-24-26-35(27-25-32)40-29-39(34-20-12-9-13-21-34)30-41(42(40)36(16-6-2)17-7-3)38-23-14-22-37(28-38)33-18-10-8-11-19-33/h5-6,8-30H,4,7H2,1-3H3. The van der Waals surface area contributed by atoms with Gasteiger partial charge in [0.05, 0.1) is 0 Å². The summed E-state index contributed by atoms with van der Waals surface area (Å²) < 4.78 is 0. The van der Waals surface area contributed by atoms with Gasteiger partial charge in [0, 0.05) is 0 Å². The van der Waals surface area contributed by atoms with Gasteiger partial charge in [-0.1, -0.05) is 147 Å². The van der Waals surface area contributed by atoms with Gasteiger partial charge in [0.1, 0.15) is 0 Å². The van der Waals surface area contributed by atoms with Crippen molar-refractivity contribution in [3.8, 4) is 44.5 Å². The lowest BCUT2D eigenvalue weighted by molar-refractivity contribution is 1.23. The van der Waals surface area contributed by atoms with Gasteiger partial charge in [-0.3, -0.25) is 0 Å². The maximum absolute atomic E-state index is 4.25. The van der Waals surface area contributed by atoms with E-state index in [2.05, 4.69) is 166 Å². The Balaban J connectivity index is 1.82. The quantitative estimate of drug-likeness (QED) is 0.162. The number of hydrogen-bond donors (Lipinski definition) is 0. The van der Waals surface area contributed by atoms with Gasteiger partial charge in [0.15, 0.2) is 0 Å². The molecule has 0 atom stereocenters. The van der Waals surface area contributed by atoms with Gasteiger partial charge in [0.25, 0.3) is 0 Å². The lowest BCUT2D eigenvalue weighted by Crippen LogP contribution is -1.96. The Morgan fingerprint density at radius 3 is 1.69 bits per heavy atom. The molecule has 0 aliphatic rings. The summed E-state index contributed by atoms with van der Waals surface area (Å²) in [4.78, 5) is 0. The van der Waals surface area contributed by atoms with Crippen molar-refractivity contribution in [2.45, 2.75) is 27.2 Å². The highest BCUT2D eigenvalue weighted by atomic mass is 14.2. The maximum atomic E-state index is 4.25. The van der Waals surface area contributed by atoms with Crippen molar-refractivity contribution in [1.82, 2.24) is 0 Å². The van der Waals surface area contributed by atoms with Crippen LogP contribution < -0.4 is 0 Å². The molecule has 0 fully saturated rings. The van der Waals surface area contributed by atoms with E-state index in [0.29, 0.717) is 0 Å². The molecule has 0 saturated carbocycles. The smallest absolute Gasteiger partial charge is 0.00297 e. The molecule has 0 N–H and O–H groups in total. The predicted molar refractivity (Wildman–Crippen MR) is 185 cm³/mol. The molecule has 5 aromatic rings. The number of benzene rings is 5. The van der Waals surface area contributed by atoms with Gasteiger partial charge >= 0.3 is 0 Å². The molecule has 206 valence electrons. The van der Waals surface area contributed by atoms with E-state index >= 15 is 0 Å². The molecule has 0 saturated heterocycles. The summed E-state index contributed by atoms with van der Waals surface area (Å²) in [7, 11) is 0. The molecular formula is C42H38. The molecule has 0 amide bonds. The van der Waals surface area contributed by atoms with Crippen LogP contribution in [0.5, 0.6) is 0 Å². The van der Waals surface area contributed by atoms with Crippen LogP contribution in [0.3, 0.4) is 0 Å². The SMILES string of the molecule is C=C(C=CC)c1ccc(-c2cc(-c3ccccc3)cc(-c3cccc(-c4ccccc4)c3)c2C(C=CC)=CCC)cc1. The Hall–Kier alpha value is -4.94. The molecule has 0 bridgehead atoms. The third-order valence-electron chi connectivity index (χ3n) is 7.52. The van der Waals surface area contributed by atoms with Crippen LogP contribution in [0.15, 0.2) is 158 Å². The second-order valence-electron chi connectivity index (χ2n) is 10.4.